The molecule has 0 atom stereocenters. The third-order valence-corrected chi connectivity index (χ3v) is 3.62. The molecule has 2 aromatic carbocycles. The average Bonchev–Trinajstić information content (AvgIpc) is 2.86. The molecule has 0 unspecified atom stereocenters. The normalized spacial score (nSPS) is 10.8. The molecule has 0 aliphatic carbocycles. The fourth-order valence-electron chi connectivity index (χ4n) is 2.54. The van der Waals surface area contributed by atoms with E-state index in [4.69, 9.17) is 5.73 Å². The van der Waals surface area contributed by atoms with Crippen LogP contribution in [0.15, 0.2) is 54.6 Å². The van der Waals surface area contributed by atoms with Gasteiger partial charge in [-0.15, -0.1) is 0 Å². The molecule has 0 amide bonds. The Hall–Kier alpha value is -2.39. The third-order valence-electron chi connectivity index (χ3n) is 3.62. The molecule has 0 bridgehead atoms. The first-order chi connectivity index (χ1) is 10.2. The molecule has 3 nitrogen and oxygen atoms in total. The second-order valence-electron chi connectivity index (χ2n) is 5.29. The molecule has 0 aliphatic rings. The fraction of sp³-hybridized carbons (Fsp3) is 0.167. The predicted molar refractivity (Wildman–Crippen MR) is 86.4 cm³/mol. The van der Waals surface area contributed by atoms with Gasteiger partial charge in [-0.25, -0.2) is 4.68 Å². The smallest absolute Gasteiger partial charge is 0.0654 e. The molecular formula is C18H19N3. The maximum absolute atomic E-state index is 5.65. The zero-order valence-electron chi connectivity index (χ0n) is 12.4. The summed E-state index contributed by atoms with van der Waals surface area (Å²) in [6, 6.07) is 18.9. The van der Waals surface area contributed by atoms with Gasteiger partial charge in [0, 0.05) is 12.2 Å². The van der Waals surface area contributed by atoms with E-state index in [1.165, 1.54) is 11.1 Å². The summed E-state index contributed by atoms with van der Waals surface area (Å²) < 4.78 is 1.98. The maximum atomic E-state index is 5.65. The molecule has 106 valence electrons. The summed E-state index contributed by atoms with van der Waals surface area (Å²) in [7, 11) is 0. The molecule has 21 heavy (non-hydrogen) atoms. The molecule has 3 aromatic rings. The molecule has 0 spiro atoms. The van der Waals surface area contributed by atoms with Crippen LogP contribution in [0.4, 0.5) is 0 Å². The van der Waals surface area contributed by atoms with E-state index >= 15 is 0 Å². The van der Waals surface area contributed by atoms with Gasteiger partial charge in [0.1, 0.15) is 0 Å². The highest BCUT2D eigenvalue weighted by Crippen LogP contribution is 2.23. The van der Waals surface area contributed by atoms with Crippen molar-refractivity contribution < 1.29 is 0 Å². The van der Waals surface area contributed by atoms with Crippen molar-refractivity contribution >= 4 is 0 Å². The van der Waals surface area contributed by atoms with E-state index in [2.05, 4.69) is 66.6 Å². The molecule has 3 heteroatoms. The van der Waals surface area contributed by atoms with Crippen LogP contribution in [0.2, 0.25) is 0 Å². The number of hydrogen-bond acceptors (Lipinski definition) is 2. The molecule has 2 N–H and O–H groups in total. The number of rotatable bonds is 3. The average molecular weight is 277 g/mol. The number of benzene rings is 2. The maximum Gasteiger partial charge on any atom is 0.0654 e. The Kier molecular flexibility index (Phi) is 3.59. The Morgan fingerprint density at radius 2 is 1.71 bits per heavy atom. The highest BCUT2D eigenvalue weighted by Gasteiger charge is 2.05. The first-order valence-corrected chi connectivity index (χ1v) is 7.10. The van der Waals surface area contributed by atoms with E-state index in [1.54, 1.807) is 0 Å². The third kappa shape index (κ3) is 2.73. The molecule has 0 saturated carbocycles. The Balaban J connectivity index is 2.01. The van der Waals surface area contributed by atoms with Gasteiger partial charge in [0.15, 0.2) is 0 Å². The molecule has 1 aromatic heterocycles. The zero-order valence-corrected chi connectivity index (χ0v) is 12.4. The second kappa shape index (κ2) is 5.54. The van der Waals surface area contributed by atoms with E-state index < -0.39 is 0 Å². The lowest BCUT2D eigenvalue weighted by atomic mass is 10.0. The topological polar surface area (TPSA) is 43.8 Å². The minimum Gasteiger partial charge on any atom is -0.326 e. The monoisotopic (exact) mass is 277 g/mol. The standard InChI is InChI=1S/C18H19N3/c1-13-10-14(2)21(20-13)18-5-3-4-17(11-18)16-8-6-15(12-19)7-9-16/h3-11H,12,19H2,1-2H3. The Morgan fingerprint density at radius 3 is 2.33 bits per heavy atom. The van der Waals surface area contributed by atoms with Crippen LogP contribution in [0.5, 0.6) is 0 Å². The van der Waals surface area contributed by atoms with Crippen molar-refractivity contribution in [2.24, 2.45) is 5.73 Å². The number of aromatic nitrogens is 2. The summed E-state index contributed by atoms with van der Waals surface area (Å²) in [4.78, 5) is 0. The number of hydrogen-bond donors (Lipinski definition) is 1. The number of nitrogens with zero attached hydrogens (tertiary/aromatic N) is 2. The Morgan fingerprint density at radius 1 is 0.952 bits per heavy atom. The summed E-state index contributed by atoms with van der Waals surface area (Å²) in [5.74, 6) is 0. The van der Waals surface area contributed by atoms with Gasteiger partial charge in [0.2, 0.25) is 0 Å². The van der Waals surface area contributed by atoms with E-state index in [1.807, 2.05) is 11.6 Å². The van der Waals surface area contributed by atoms with Crippen LogP contribution >= 0.6 is 0 Å². The van der Waals surface area contributed by atoms with Crippen LogP contribution in [0.1, 0.15) is 17.0 Å². The van der Waals surface area contributed by atoms with E-state index in [0.29, 0.717) is 6.54 Å². The van der Waals surface area contributed by atoms with E-state index in [-0.39, 0.29) is 0 Å². The van der Waals surface area contributed by atoms with Gasteiger partial charge in [-0.05, 0) is 48.7 Å². The quantitative estimate of drug-likeness (QED) is 0.794. The van der Waals surface area contributed by atoms with Gasteiger partial charge >= 0.3 is 0 Å². The molecular weight excluding hydrogens is 258 g/mol. The van der Waals surface area contributed by atoms with E-state index in [0.717, 1.165) is 22.6 Å². The minimum absolute atomic E-state index is 0.575. The molecule has 0 fully saturated rings. The highest BCUT2D eigenvalue weighted by atomic mass is 15.3. The van der Waals surface area contributed by atoms with Crippen LogP contribution in [0.3, 0.4) is 0 Å². The van der Waals surface area contributed by atoms with E-state index in [9.17, 15) is 0 Å². The summed E-state index contributed by atoms with van der Waals surface area (Å²) in [5.41, 5.74) is 12.4. The largest absolute Gasteiger partial charge is 0.326 e. The zero-order chi connectivity index (χ0) is 14.8. The molecule has 3 rings (SSSR count). The van der Waals surface area contributed by atoms with Crippen LogP contribution < -0.4 is 5.73 Å². The molecule has 0 aliphatic heterocycles. The lowest BCUT2D eigenvalue weighted by Gasteiger charge is -2.08. The fourth-order valence-corrected chi connectivity index (χ4v) is 2.54. The number of aryl methyl sites for hydroxylation is 2. The van der Waals surface area contributed by atoms with Gasteiger partial charge in [0.05, 0.1) is 11.4 Å². The first-order valence-electron chi connectivity index (χ1n) is 7.10. The second-order valence-corrected chi connectivity index (χ2v) is 5.29. The van der Waals surface area contributed by atoms with Gasteiger partial charge in [-0.2, -0.15) is 5.10 Å². The summed E-state index contributed by atoms with van der Waals surface area (Å²) in [6.07, 6.45) is 0. The van der Waals surface area contributed by atoms with Crippen LogP contribution in [0, 0.1) is 13.8 Å². The molecule has 0 radical (unpaired) electrons. The predicted octanol–water partition coefficient (Wildman–Crippen LogP) is 3.61. The summed E-state index contributed by atoms with van der Waals surface area (Å²) in [6.45, 7) is 4.66. The van der Waals surface area contributed by atoms with Gasteiger partial charge in [-0.3, -0.25) is 0 Å². The molecule has 1 heterocycles. The molecule has 0 saturated heterocycles. The number of nitrogens with two attached hydrogens (primary N) is 1. The van der Waals surface area contributed by atoms with Crippen molar-refractivity contribution in [1.29, 1.82) is 0 Å². The van der Waals surface area contributed by atoms with Crippen LogP contribution in [0.25, 0.3) is 16.8 Å². The highest BCUT2D eigenvalue weighted by molar-refractivity contribution is 5.66. The van der Waals surface area contributed by atoms with Crippen LogP contribution in [-0.4, -0.2) is 9.78 Å². The van der Waals surface area contributed by atoms with Gasteiger partial charge < -0.3 is 5.73 Å². The Bertz CT molecular complexity index is 754. The first kappa shape index (κ1) is 13.6. The summed E-state index contributed by atoms with van der Waals surface area (Å²) in [5, 5.41) is 4.54. The minimum atomic E-state index is 0.575. The van der Waals surface area contributed by atoms with Crippen molar-refractivity contribution in [3.63, 3.8) is 0 Å². The Labute approximate surface area is 125 Å². The van der Waals surface area contributed by atoms with Crippen LogP contribution in [-0.2, 0) is 6.54 Å². The van der Waals surface area contributed by atoms with Crippen molar-refractivity contribution in [3.05, 3.63) is 71.5 Å². The summed E-state index contributed by atoms with van der Waals surface area (Å²) >= 11 is 0. The lowest BCUT2D eigenvalue weighted by Crippen LogP contribution is -1.99. The van der Waals surface area contributed by atoms with Crippen molar-refractivity contribution in [3.8, 4) is 16.8 Å². The van der Waals surface area contributed by atoms with Crippen molar-refractivity contribution in [1.82, 2.24) is 9.78 Å². The van der Waals surface area contributed by atoms with Crippen molar-refractivity contribution in [2.75, 3.05) is 0 Å². The van der Waals surface area contributed by atoms with Gasteiger partial charge in [0.25, 0.3) is 0 Å². The van der Waals surface area contributed by atoms with Gasteiger partial charge in [-0.1, -0.05) is 36.4 Å². The SMILES string of the molecule is Cc1cc(C)n(-c2cccc(-c3ccc(CN)cc3)c2)n1. The lowest BCUT2D eigenvalue weighted by molar-refractivity contribution is 0.834. The van der Waals surface area contributed by atoms with Crippen molar-refractivity contribution in [2.45, 2.75) is 20.4 Å².